The minimum Gasteiger partial charge on any atom is -0.394 e. The minimum atomic E-state index is -1.64. The second-order valence-corrected chi connectivity index (χ2v) is 3.91. The molecule has 1 heterocycles. The van der Waals surface area contributed by atoms with E-state index in [1.165, 1.54) is 0 Å². The van der Waals surface area contributed by atoms with Crippen molar-refractivity contribution in [2.24, 2.45) is 5.73 Å². The molecular formula is C9H17NO8. The molecular weight excluding hydrogens is 250 g/mol. The number of hydrogen-bond acceptors (Lipinski definition) is 8. The van der Waals surface area contributed by atoms with Gasteiger partial charge in [-0.2, -0.15) is 0 Å². The number of rotatable bonds is 5. The number of nitrogens with two attached hydrogens (primary N) is 1. The molecule has 9 heteroatoms. The van der Waals surface area contributed by atoms with E-state index in [-0.39, 0.29) is 0 Å². The van der Waals surface area contributed by atoms with E-state index in [1.807, 2.05) is 0 Å². The lowest BCUT2D eigenvalue weighted by molar-refractivity contribution is -0.310. The van der Waals surface area contributed by atoms with Crippen molar-refractivity contribution in [2.45, 2.75) is 36.8 Å². The molecule has 0 saturated carbocycles. The molecule has 1 saturated heterocycles. The number of amides is 1. The molecule has 4 unspecified atom stereocenters. The molecule has 0 bridgehead atoms. The highest BCUT2D eigenvalue weighted by Gasteiger charge is 2.45. The van der Waals surface area contributed by atoms with Gasteiger partial charge >= 0.3 is 0 Å². The molecule has 0 aromatic heterocycles. The van der Waals surface area contributed by atoms with Gasteiger partial charge in [-0.1, -0.05) is 0 Å². The van der Waals surface area contributed by atoms with Gasteiger partial charge in [0.1, 0.15) is 24.4 Å². The van der Waals surface area contributed by atoms with Crippen LogP contribution in [0, 0.1) is 0 Å². The number of hydrogen-bond donors (Lipinski definition) is 6. The van der Waals surface area contributed by atoms with Crippen molar-refractivity contribution >= 4 is 5.91 Å². The Hall–Kier alpha value is -0.810. The number of aliphatic hydroxyl groups is 5. The monoisotopic (exact) mass is 267 g/mol. The summed E-state index contributed by atoms with van der Waals surface area (Å²) in [6, 6.07) is 0. The second kappa shape index (κ2) is 6.38. The average molecular weight is 267 g/mol. The van der Waals surface area contributed by atoms with Crippen molar-refractivity contribution < 1.29 is 39.8 Å². The van der Waals surface area contributed by atoms with Crippen molar-refractivity contribution in [3.8, 4) is 0 Å². The molecule has 1 aliphatic heterocycles. The summed E-state index contributed by atoms with van der Waals surface area (Å²) in [6.07, 6.45) is -8.85. The quantitative estimate of drug-likeness (QED) is 0.291. The van der Waals surface area contributed by atoms with Gasteiger partial charge in [-0.15, -0.1) is 0 Å². The van der Waals surface area contributed by atoms with Crippen LogP contribution in [0.1, 0.15) is 0 Å². The van der Waals surface area contributed by atoms with E-state index in [1.54, 1.807) is 0 Å². The second-order valence-electron chi connectivity index (χ2n) is 3.91. The lowest BCUT2D eigenvalue weighted by Gasteiger charge is -2.40. The fraction of sp³-hybridized carbons (Fsp3) is 0.889. The van der Waals surface area contributed by atoms with Gasteiger partial charge in [0.05, 0.1) is 13.2 Å². The van der Waals surface area contributed by atoms with E-state index in [4.69, 9.17) is 25.4 Å². The normalized spacial score (nSPS) is 38.4. The highest BCUT2D eigenvalue weighted by molar-refractivity contribution is 5.78. The lowest BCUT2D eigenvalue weighted by Crippen LogP contribution is -2.60. The molecule has 6 atom stereocenters. The molecule has 0 radical (unpaired) electrons. The molecule has 18 heavy (non-hydrogen) atoms. The minimum absolute atomic E-state index is 0.620. The third kappa shape index (κ3) is 3.14. The summed E-state index contributed by atoms with van der Waals surface area (Å²) in [5.41, 5.74) is 4.92. The largest absolute Gasteiger partial charge is 0.394 e. The molecule has 1 aliphatic rings. The first kappa shape index (κ1) is 15.2. The zero-order chi connectivity index (χ0) is 13.9. The Bertz CT molecular complexity index is 286. The SMILES string of the molecule is NC(=O)C(CO)O[C@@H]1OC(CO)[C@@H](O)C(O)C1O. The fourth-order valence-corrected chi connectivity index (χ4v) is 1.54. The summed E-state index contributed by atoms with van der Waals surface area (Å²) in [4.78, 5) is 10.8. The van der Waals surface area contributed by atoms with Crippen LogP contribution in [-0.2, 0) is 14.3 Å². The van der Waals surface area contributed by atoms with Gasteiger partial charge in [0.15, 0.2) is 12.4 Å². The Morgan fingerprint density at radius 2 is 1.83 bits per heavy atom. The van der Waals surface area contributed by atoms with Gasteiger partial charge in [-0.25, -0.2) is 0 Å². The summed E-state index contributed by atoms with van der Waals surface area (Å²) in [5.74, 6) is -0.977. The van der Waals surface area contributed by atoms with Crippen molar-refractivity contribution in [1.29, 1.82) is 0 Å². The van der Waals surface area contributed by atoms with E-state index in [0.717, 1.165) is 0 Å². The number of carbonyl (C=O) groups is 1. The van der Waals surface area contributed by atoms with E-state index in [2.05, 4.69) is 0 Å². The molecule has 0 aromatic carbocycles. The third-order valence-electron chi connectivity index (χ3n) is 2.63. The standard InChI is InChI=1S/C9H17NO8/c10-8(16)4(2-12)18-9-7(15)6(14)5(13)3(1-11)17-9/h3-7,9,11-15H,1-2H2,(H2,10,16)/t3?,4?,5-,6?,7?,9+/m1/s1. The van der Waals surface area contributed by atoms with Gasteiger partial charge in [0, 0.05) is 0 Å². The first-order valence-corrected chi connectivity index (χ1v) is 5.28. The van der Waals surface area contributed by atoms with E-state index in [9.17, 15) is 20.1 Å². The summed E-state index contributed by atoms with van der Waals surface area (Å²) in [5, 5.41) is 46.2. The number of carbonyl (C=O) groups excluding carboxylic acids is 1. The van der Waals surface area contributed by atoms with Gasteiger partial charge in [-0.3, -0.25) is 4.79 Å². The molecule has 7 N–H and O–H groups in total. The lowest BCUT2D eigenvalue weighted by atomic mass is 9.99. The maximum absolute atomic E-state index is 10.8. The maximum atomic E-state index is 10.8. The zero-order valence-corrected chi connectivity index (χ0v) is 9.42. The van der Waals surface area contributed by atoms with Crippen molar-refractivity contribution in [3.05, 3.63) is 0 Å². The van der Waals surface area contributed by atoms with Crippen molar-refractivity contribution in [2.75, 3.05) is 13.2 Å². The maximum Gasteiger partial charge on any atom is 0.249 e. The van der Waals surface area contributed by atoms with E-state index < -0.39 is 55.9 Å². The van der Waals surface area contributed by atoms with Crippen LogP contribution in [0.3, 0.4) is 0 Å². The van der Waals surface area contributed by atoms with Crippen LogP contribution in [-0.4, -0.2) is 81.5 Å². The Labute approximate surface area is 102 Å². The Balaban J connectivity index is 2.72. The van der Waals surface area contributed by atoms with Crippen LogP contribution in [0.5, 0.6) is 0 Å². The predicted octanol–water partition coefficient (Wildman–Crippen LogP) is -4.35. The Morgan fingerprint density at radius 1 is 1.22 bits per heavy atom. The first-order chi connectivity index (χ1) is 8.42. The Kier molecular flexibility index (Phi) is 5.41. The van der Waals surface area contributed by atoms with Gasteiger partial charge in [0.25, 0.3) is 0 Å². The summed E-state index contributed by atoms with van der Waals surface area (Å²) in [6.45, 7) is -1.35. The number of primary amides is 1. The first-order valence-electron chi connectivity index (χ1n) is 5.28. The molecule has 1 fully saturated rings. The molecule has 106 valence electrons. The molecule has 1 amide bonds. The zero-order valence-electron chi connectivity index (χ0n) is 9.42. The van der Waals surface area contributed by atoms with Crippen molar-refractivity contribution in [3.63, 3.8) is 0 Å². The number of ether oxygens (including phenoxy) is 2. The van der Waals surface area contributed by atoms with Gasteiger partial charge < -0.3 is 40.7 Å². The number of aliphatic hydroxyl groups excluding tert-OH is 5. The van der Waals surface area contributed by atoms with Crippen molar-refractivity contribution in [1.82, 2.24) is 0 Å². The highest BCUT2D eigenvalue weighted by Crippen LogP contribution is 2.22. The van der Waals surface area contributed by atoms with Crippen LogP contribution in [0.25, 0.3) is 0 Å². The average Bonchev–Trinajstić information content (AvgIpc) is 2.35. The molecule has 0 aliphatic carbocycles. The molecule has 0 aromatic rings. The van der Waals surface area contributed by atoms with E-state index in [0.29, 0.717) is 0 Å². The van der Waals surface area contributed by atoms with Gasteiger partial charge in [0.2, 0.25) is 5.91 Å². The Morgan fingerprint density at radius 3 is 2.28 bits per heavy atom. The molecule has 1 rings (SSSR count). The predicted molar refractivity (Wildman–Crippen MR) is 54.9 cm³/mol. The van der Waals surface area contributed by atoms with Crippen LogP contribution < -0.4 is 5.73 Å². The van der Waals surface area contributed by atoms with Crippen LogP contribution in [0.2, 0.25) is 0 Å². The van der Waals surface area contributed by atoms with Crippen LogP contribution >= 0.6 is 0 Å². The summed E-state index contributed by atoms with van der Waals surface area (Å²) >= 11 is 0. The van der Waals surface area contributed by atoms with Crippen LogP contribution in [0.4, 0.5) is 0 Å². The molecule has 9 nitrogen and oxygen atoms in total. The van der Waals surface area contributed by atoms with E-state index >= 15 is 0 Å². The summed E-state index contributed by atoms with van der Waals surface area (Å²) in [7, 11) is 0. The topological polar surface area (TPSA) is 163 Å². The smallest absolute Gasteiger partial charge is 0.249 e. The fourth-order valence-electron chi connectivity index (χ4n) is 1.54. The van der Waals surface area contributed by atoms with Crippen LogP contribution in [0.15, 0.2) is 0 Å². The molecule has 0 spiro atoms. The summed E-state index contributed by atoms with van der Waals surface area (Å²) < 4.78 is 9.85. The highest BCUT2D eigenvalue weighted by atomic mass is 16.7. The van der Waals surface area contributed by atoms with Gasteiger partial charge in [-0.05, 0) is 0 Å². The third-order valence-corrected chi connectivity index (χ3v) is 2.63.